The number of benzene rings is 1. The minimum atomic E-state index is -3.49. The van der Waals surface area contributed by atoms with Gasteiger partial charge in [-0.25, -0.2) is 13.4 Å². The van der Waals surface area contributed by atoms with Crippen molar-refractivity contribution in [3.05, 3.63) is 76.9 Å². The lowest BCUT2D eigenvalue weighted by Crippen LogP contribution is -2.34. The molecule has 0 atom stereocenters. The number of carbonyl (C=O) groups is 1. The molecule has 1 saturated carbocycles. The van der Waals surface area contributed by atoms with Gasteiger partial charge in [-0.15, -0.1) is 0 Å². The summed E-state index contributed by atoms with van der Waals surface area (Å²) >= 11 is 0. The van der Waals surface area contributed by atoms with Gasteiger partial charge in [-0.1, -0.05) is 6.07 Å². The fourth-order valence-electron chi connectivity index (χ4n) is 5.36. The third-order valence-corrected chi connectivity index (χ3v) is 9.46. The molecule has 1 aromatic carbocycles. The zero-order valence-electron chi connectivity index (χ0n) is 21.3. The predicted octanol–water partition coefficient (Wildman–Crippen LogP) is 2.96. The van der Waals surface area contributed by atoms with E-state index in [1.165, 1.54) is 30.2 Å². The summed E-state index contributed by atoms with van der Waals surface area (Å²) in [6.07, 6.45) is 6.30. The van der Waals surface area contributed by atoms with Crippen molar-refractivity contribution in [2.75, 3.05) is 23.8 Å². The number of sulfone groups is 1. The lowest BCUT2D eigenvalue weighted by Gasteiger charge is -2.29. The van der Waals surface area contributed by atoms with Gasteiger partial charge in [0.25, 0.3) is 5.91 Å². The van der Waals surface area contributed by atoms with Crippen molar-refractivity contribution in [1.82, 2.24) is 25.1 Å². The highest BCUT2D eigenvalue weighted by Gasteiger charge is 2.31. The molecule has 1 N–H and O–H groups in total. The number of anilines is 1. The number of carbonyl (C=O) groups excluding carboxylic acids is 1. The molecule has 5 heterocycles. The third-order valence-electron chi connectivity index (χ3n) is 7.71. The van der Waals surface area contributed by atoms with Crippen molar-refractivity contribution in [2.24, 2.45) is 0 Å². The van der Waals surface area contributed by atoms with Crippen LogP contribution in [0.25, 0.3) is 10.9 Å². The molecule has 200 valence electrons. The van der Waals surface area contributed by atoms with Gasteiger partial charge in [0, 0.05) is 23.7 Å². The van der Waals surface area contributed by atoms with E-state index in [0.717, 1.165) is 36.4 Å². The summed E-state index contributed by atoms with van der Waals surface area (Å²) in [7, 11) is -3.49. The number of amides is 1. The maximum atomic E-state index is 12.9. The first-order valence-corrected chi connectivity index (χ1v) is 14.9. The van der Waals surface area contributed by atoms with Crippen molar-refractivity contribution in [2.45, 2.75) is 49.9 Å². The van der Waals surface area contributed by atoms with Gasteiger partial charge in [-0.05, 0) is 60.2 Å². The minimum Gasteiger partial charge on any atom is -0.376 e. The Bertz CT molecular complexity index is 1710. The summed E-state index contributed by atoms with van der Waals surface area (Å²) in [5.74, 6) is 1.11. The van der Waals surface area contributed by atoms with E-state index in [2.05, 4.69) is 25.0 Å². The summed E-state index contributed by atoms with van der Waals surface area (Å²) in [6, 6.07) is 10.7. The molecule has 1 amide bonds. The quantitative estimate of drug-likeness (QED) is 0.407. The highest BCUT2D eigenvalue weighted by atomic mass is 32.2. The molecule has 0 bridgehead atoms. The lowest BCUT2D eigenvalue weighted by atomic mass is 10.1. The Kier molecular flexibility index (Phi) is 5.85. The van der Waals surface area contributed by atoms with Crippen LogP contribution in [0.1, 0.15) is 51.6 Å². The van der Waals surface area contributed by atoms with E-state index in [1.807, 2.05) is 24.4 Å². The number of hydrogen-bond acceptors (Lipinski definition) is 8. The summed E-state index contributed by atoms with van der Waals surface area (Å²) in [6.45, 7) is 3.03. The van der Waals surface area contributed by atoms with Crippen LogP contribution in [0.15, 0.2) is 53.7 Å². The van der Waals surface area contributed by atoms with E-state index in [9.17, 15) is 13.2 Å². The van der Waals surface area contributed by atoms with Gasteiger partial charge in [-0.2, -0.15) is 5.10 Å². The summed E-state index contributed by atoms with van der Waals surface area (Å²) in [5.41, 5.74) is 5.01. The smallest absolute Gasteiger partial charge is 0.251 e. The normalized spacial score (nSPS) is 18.3. The second kappa shape index (κ2) is 9.42. The third kappa shape index (κ3) is 4.65. The molecule has 7 rings (SSSR count). The lowest BCUT2D eigenvalue weighted by molar-refractivity contribution is 0.0950. The molecular weight excluding hydrogens is 516 g/mol. The number of nitrogens with zero attached hydrogens (tertiary/aromatic N) is 5. The van der Waals surface area contributed by atoms with E-state index >= 15 is 0 Å². The molecule has 11 heteroatoms. The van der Waals surface area contributed by atoms with E-state index in [4.69, 9.17) is 9.72 Å². The number of rotatable bonds is 5. The second-order valence-electron chi connectivity index (χ2n) is 10.4. The van der Waals surface area contributed by atoms with Crippen molar-refractivity contribution < 1.29 is 17.9 Å². The van der Waals surface area contributed by atoms with Crippen molar-refractivity contribution in [1.29, 1.82) is 0 Å². The fraction of sp³-hybridized carbons (Fsp3) is 0.357. The number of fused-ring (bicyclic) bond motifs is 3. The SMILES string of the molecule is O=C(NCc1cc2nc(N3CCn4ncc(C5CC5)c4C3)ccc2cn1)c1ccc2c(c1)S(=O)(=O)CCOC2. The molecule has 1 aliphatic carbocycles. The van der Waals surface area contributed by atoms with Gasteiger partial charge in [0.15, 0.2) is 9.84 Å². The van der Waals surface area contributed by atoms with Crippen molar-refractivity contribution in [3.8, 4) is 0 Å². The van der Waals surface area contributed by atoms with Crippen molar-refractivity contribution in [3.63, 3.8) is 0 Å². The molecule has 3 aliphatic rings. The van der Waals surface area contributed by atoms with Gasteiger partial charge in [-0.3, -0.25) is 14.5 Å². The van der Waals surface area contributed by atoms with Crippen LogP contribution in [0, 0.1) is 0 Å². The highest BCUT2D eigenvalue weighted by Crippen LogP contribution is 2.42. The summed E-state index contributed by atoms with van der Waals surface area (Å²) in [4.78, 5) is 24.8. The zero-order valence-corrected chi connectivity index (χ0v) is 22.2. The molecule has 1 fully saturated rings. The first-order chi connectivity index (χ1) is 18.9. The number of pyridine rings is 2. The van der Waals surface area contributed by atoms with Gasteiger partial charge in [0.05, 0.1) is 66.6 Å². The highest BCUT2D eigenvalue weighted by molar-refractivity contribution is 7.91. The van der Waals surface area contributed by atoms with Crippen LogP contribution >= 0.6 is 0 Å². The average Bonchev–Trinajstić information content (AvgIpc) is 3.73. The molecule has 10 nitrogen and oxygen atoms in total. The first kappa shape index (κ1) is 24.2. The largest absolute Gasteiger partial charge is 0.376 e. The van der Waals surface area contributed by atoms with Gasteiger partial charge in [0.1, 0.15) is 5.82 Å². The molecule has 3 aromatic heterocycles. The minimum absolute atomic E-state index is 0.0934. The van der Waals surface area contributed by atoms with Crippen molar-refractivity contribution >= 4 is 32.5 Å². The van der Waals surface area contributed by atoms with E-state index < -0.39 is 9.84 Å². The van der Waals surface area contributed by atoms with Gasteiger partial charge >= 0.3 is 0 Å². The topological polar surface area (TPSA) is 119 Å². The second-order valence-corrected chi connectivity index (χ2v) is 12.5. The Balaban J connectivity index is 1.08. The van der Waals surface area contributed by atoms with E-state index in [1.54, 1.807) is 18.3 Å². The number of ether oxygens (including phenoxy) is 1. The van der Waals surface area contributed by atoms with Gasteiger partial charge in [0.2, 0.25) is 0 Å². The average molecular weight is 545 g/mol. The van der Waals surface area contributed by atoms with Crippen LogP contribution in [-0.2, 0) is 40.8 Å². The van der Waals surface area contributed by atoms with E-state index in [0.29, 0.717) is 17.2 Å². The summed E-state index contributed by atoms with van der Waals surface area (Å²) < 4.78 is 32.6. The maximum Gasteiger partial charge on any atom is 0.251 e. The summed E-state index contributed by atoms with van der Waals surface area (Å²) in [5, 5.41) is 8.37. The Hall–Kier alpha value is -3.83. The first-order valence-electron chi connectivity index (χ1n) is 13.2. The van der Waals surface area contributed by atoms with Crippen LogP contribution in [-0.4, -0.2) is 53.0 Å². The molecular formula is C28H28N6O4S. The van der Waals surface area contributed by atoms with Crippen LogP contribution in [0.4, 0.5) is 5.82 Å². The van der Waals surface area contributed by atoms with Crippen LogP contribution in [0.2, 0.25) is 0 Å². The molecule has 0 radical (unpaired) electrons. The monoisotopic (exact) mass is 544 g/mol. The maximum absolute atomic E-state index is 12.9. The molecule has 0 unspecified atom stereocenters. The number of hydrogen-bond donors (Lipinski definition) is 1. The Labute approximate surface area is 225 Å². The standard InChI is InChI=1S/C28H28N6O4S/c35-28(19-3-4-21-17-38-9-10-39(36,37)26(21)11-19)30-14-22-12-24-20(13-29-22)5-6-27(32-24)33-7-8-34-25(16-33)23(15-31-34)18-1-2-18/h3-6,11-13,15,18H,1-2,7-10,14,16-17H2,(H,30,35). The van der Waals surface area contributed by atoms with Crippen LogP contribution in [0.3, 0.4) is 0 Å². The Morgan fingerprint density at radius 3 is 2.87 bits per heavy atom. The van der Waals surface area contributed by atoms with Crippen LogP contribution in [0.5, 0.6) is 0 Å². The fourth-order valence-corrected chi connectivity index (χ4v) is 6.75. The molecule has 39 heavy (non-hydrogen) atoms. The Morgan fingerprint density at radius 2 is 2.00 bits per heavy atom. The van der Waals surface area contributed by atoms with Gasteiger partial charge < -0.3 is 15.0 Å². The Morgan fingerprint density at radius 1 is 1.10 bits per heavy atom. The number of nitrogens with one attached hydrogen (secondary N) is 1. The van der Waals surface area contributed by atoms with Crippen LogP contribution < -0.4 is 10.2 Å². The van der Waals surface area contributed by atoms with E-state index in [-0.39, 0.29) is 41.9 Å². The molecule has 4 aromatic rings. The predicted molar refractivity (Wildman–Crippen MR) is 144 cm³/mol. The zero-order chi connectivity index (χ0) is 26.6. The molecule has 2 aliphatic heterocycles. The molecule has 0 spiro atoms. The molecule has 0 saturated heterocycles. The number of aromatic nitrogens is 4.